The molecule has 0 aliphatic carbocycles. The Kier molecular flexibility index (Phi) is 4.63. The monoisotopic (exact) mass is 357 g/mol. The van der Waals surface area contributed by atoms with Gasteiger partial charge in [-0.05, 0) is 29.8 Å². The van der Waals surface area contributed by atoms with Crippen molar-refractivity contribution in [3.05, 3.63) is 95.7 Å². The summed E-state index contributed by atoms with van der Waals surface area (Å²) in [6.07, 6.45) is 12.7. The number of pyridine rings is 1. The van der Waals surface area contributed by atoms with E-state index in [1.807, 2.05) is 11.8 Å². The fourth-order valence-electron chi connectivity index (χ4n) is 3.16. The summed E-state index contributed by atoms with van der Waals surface area (Å²) in [5, 5.41) is 2.51. The highest BCUT2D eigenvalue weighted by atomic mass is 32.2. The van der Waals surface area contributed by atoms with Crippen molar-refractivity contribution in [1.29, 1.82) is 0 Å². The van der Waals surface area contributed by atoms with Crippen molar-refractivity contribution < 1.29 is 4.57 Å². The van der Waals surface area contributed by atoms with Gasteiger partial charge in [0.2, 0.25) is 5.52 Å². The Labute approximate surface area is 158 Å². The number of fused-ring (bicyclic) bond motifs is 2. The van der Waals surface area contributed by atoms with Crippen molar-refractivity contribution >= 4 is 34.4 Å². The van der Waals surface area contributed by atoms with E-state index >= 15 is 0 Å². The summed E-state index contributed by atoms with van der Waals surface area (Å²) in [7, 11) is 4.19. The topological polar surface area (TPSA) is 7.12 Å². The minimum Gasteiger partial charge on any atom is -0.338 e. The van der Waals surface area contributed by atoms with Crippen molar-refractivity contribution in [2.45, 2.75) is 4.90 Å². The number of nitrogens with zero attached hydrogens (tertiary/aromatic N) is 2. The molecule has 2 aromatic carbocycles. The molecule has 0 unspecified atom stereocenters. The summed E-state index contributed by atoms with van der Waals surface area (Å²) < 4.78 is 2.15. The summed E-state index contributed by atoms with van der Waals surface area (Å²) in [6, 6.07) is 19.1. The number of aromatic nitrogens is 1. The van der Waals surface area contributed by atoms with Gasteiger partial charge in [-0.2, -0.15) is 0 Å². The average molecular weight is 358 g/mol. The molecule has 1 aliphatic heterocycles. The lowest BCUT2D eigenvalue weighted by atomic mass is 10.1. The Balaban J connectivity index is 1.51. The molecule has 1 aliphatic rings. The third kappa shape index (κ3) is 3.18. The number of anilines is 1. The second-order valence-corrected chi connectivity index (χ2v) is 7.34. The molecular weight excluding hydrogens is 336 g/mol. The van der Waals surface area contributed by atoms with Crippen LogP contribution in [-0.2, 0) is 7.05 Å². The SMILES string of the molecule is CN1C(=CC=CC=Cc2cc[n+](C)c3ccccc23)Sc2ccccc21. The van der Waals surface area contributed by atoms with E-state index in [9.17, 15) is 0 Å². The quantitative estimate of drug-likeness (QED) is 0.463. The highest BCUT2D eigenvalue weighted by molar-refractivity contribution is 8.03. The third-order valence-corrected chi connectivity index (χ3v) is 5.77. The fourth-order valence-corrected chi connectivity index (χ4v) is 4.22. The van der Waals surface area contributed by atoms with E-state index in [4.69, 9.17) is 0 Å². The van der Waals surface area contributed by atoms with Crippen LogP contribution in [0.3, 0.4) is 0 Å². The molecule has 0 N–H and O–H groups in total. The molecule has 0 saturated heterocycles. The first kappa shape index (κ1) is 16.7. The van der Waals surface area contributed by atoms with Crippen LogP contribution >= 0.6 is 11.8 Å². The third-order valence-electron chi connectivity index (χ3n) is 4.58. The van der Waals surface area contributed by atoms with Crippen molar-refractivity contribution in [2.75, 3.05) is 11.9 Å². The largest absolute Gasteiger partial charge is 0.338 e. The molecule has 0 spiro atoms. The van der Waals surface area contributed by atoms with Gasteiger partial charge in [0.15, 0.2) is 6.20 Å². The van der Waals surface area contributed by atoms with E-state index in [2.05, 4.69) is 115 Å². The smallest absolute Gasteiger partial charge is 0.212 e. The van der Waals surface area contributed by atoms with Gasteiger partial charge < -0.3 is 4.90 Å². The first-order valence-corrected chi connectivity index (χ1v) is 9.49. The van der Waals surface area contributed by atoms with Gasteiger partial charge >= 0.3 is 0 Å². The number of rotatable bonds is 3. The zero-order chi connectivity index (χ0) is 17.9. The molecule has 0 bridgehead atoms. The lowest BCUT2D eigenvalue weighted by Crippen LogP contribution is -2.28. The lowest BCUT2D eigenvalue weighted by molar-refractivity contribution is -0.644. The Morgan fingerprint density at radius 1 is 0.923 bits per heavy atom. The minimum atomic E-state index is 1.23. The normalized spacial score (nSPS) is 15.6. The predicted octanol–water partition coefficient (Wildman–Crippen LogP) is 5.32. The van der Waals surface area contributed by atoms with Crippen LogP contribution in [0.4, 0.5) is 5.69 Å². The van der Waals surface area contributed by atoms with Gasteiger partial charge in [-0.15, -0.1) is 0 Å². The average Bonchev–Trinajstić information content (AvgIpc) is 2.99. The van der Waals surface area contributed by atoms with Crippen molar-refractivity contribution in [2.24, 2.45) is 7.05 Å². The maximum atomic E-state index is 2.23. The summed E-state index contributed by atoms with van der Waals surface area (Å²) in [6.45, 7) is 0. The molecule has 3 aromatic rings. The molecule has 0 atom stereocenters. The zero-order valence-corrected chi connectivity index (χ0v) is 15.8. The number of para-hydroxylation sites is 2. The number of hydrogen-bond donors (Lipinski definition) is 0. The first-order chi connectivity index (χ1) is 12.7. The van der Waals surface area contributed by atoms with Crippen LogP contribution in [0.5, 0.6) is 0 Å². The van der Waals surface area contributed by atoms with Gasteiger partial charge in [0.1, 0.15) is 7.05 Å². The van der Waals surface area contributed by atoms with Crippen molar-refractivity contribution in [1.82, 2.24) is 0 Å². The van der Waals surface area contributed by atoms with Crippen molar-refractivity contribution in [3.63, 3.8) is 0 Å². The maximum Gasteiger partial charge on any atom is 0.212 e. The molecule has 128 valence electrons. The first-order valence-electron chi connectivity index (χ1n) is 8.67. The van der Waals surface area contributed by atoms with Gasteiger partial charge in [0.25, 0.3) is 0 Å². The Morgan fingerprint density at radius 2 is 1.73 bits per heavy atom. The summed E-state index contributed by atoms with van der Waals surface area (Å²) >= 11 is 1.81. The second-order valence-electron chi connectivity index (χ2n) is 6.28. The lowest BCUT2D eigenvalue weighted by Gasteiger charge is -2.12. The van der Waals surface area contributed by atoms with Crippen LogP contribution in [0.2, 0.25) is 0 Å². The molecule has 26 heavy (non-hydrogen) atoms. The highest BCUT2D eigenvalue weighted by Gasteiger charge is 2.20. The van der Waals surface area contributed by atoms with Crippen LogP contribution < -0.4 is 9.47 Å². The highest BCUT2D eigenvalue weighted by Crippen LogP contribution is 2.44. The van der Waals surface area contributed by atoms with E-state index in [1.165, 1.54) is 32.1 Å². The van der Waals surface area contributed by atoms with Crippen LogP contribution in [-0.4, -0.2) is 7.05 Å². The molecule has 4 rings (SSSR count). The molecule has 0 amide bonds. The number of aryl methyl sites for hydroxylation is 1. The molecule has 2 nitrogen and oxygen atoms in total. The van der Waals surface area contributed by atoms with E-state index < -0.39 is 0 Å². The zero-order valence-electron chi connectivity index (χ0n) is 15.0. The summed E-state index contributed by atoms with van der Waals surface area (Å²) in [4.78, 5) is 3.55. The van der Waals surface area contributed by atoms with Crippen molar-refractivity contribution in [3.8, 4) is 0 Å². The van der Waals surface area contributed by atoms with E-state index in [0.29, 0.717) is 0 Å². The van der Waals surface area contributed by atoms with Crippen LogP contribution in [0.25, 0.3) is 17.0 Å². The van der Waals surface area contributed by atoms with E-state index in [1.54, 1.807) is 0 Å². The molecular formula is C23H21N2S+. The number of thioether (sulfide) groups is 1. The minimum absolute atomic E-state index is 1.23. The van der Waals surface area contributed by atoms with Crippen LogP contribution in [0, 0.1) is 0 Å². The second kappa shape index (κ2) is 7.22. The number of allylic oxidation sites excluding steroid dienone is 4. The van der Waals surface area contributed by atoms with Gasteiger partial charge in [-0.25, -0.2) is 4.57 Å². The molecule has 2 heterocycles. The van der Waals surface area contributed by atoms with Crippen LogP contribution in [0.1, 0.15) is 5.56 Å². The summed E-state index contributed by atoms with van der Waals surface area (Å²) in [5.74, 6) is 0. The fraction of sp³-hybridized carbons (Fsp3) is 0.0870. The van der Waals surface area contributed by atoms with Gasteiger partial charge in [-0.1, -0.05) is 60.3 Å². The van der Waals surface area contributed by atoms with Gasteiger partial charge in [0.05, 0.1) is 16.1 Å². The van der Waals surface area contributed by atoms with E-state index in [0.717, 1.165) is 0 Å². The number of benzene rings is 2. The Morgan fingerprint density at radius 3 is 2.62 bits per heavy atom. The summed E-state index contributed by atoms with van der Waals surface area (Å²) in [5.41, 5.74) is 3.74. The molecule has 0 radical (unpaired) electrons. The number of hydrogen-bond acceptors (Lipinski definition) is 2. The maximum absolute atomic E-state index is 2.23. The van der Waals surface area contributed by atoms with Gasteiger partial charge in [-0.3, -0.25) is 0 Å². The predicted molar refractivity (Wildman–Crippen MR) is 112 cm³/mol. The Bertz CT molecular complexity index is 1050. The molecule has 3 heteroatoms. The standard InChI is InChI=1S/C23H21N2S/c1-24-17-16-18(19-11-6-7-12-20(19)24)10-4-3-5-15-23-25(2)21-13-8-9-14-22(21)26-23/h3-17H,1-2H3/q+1. The van der Waals surface area contributed by atoms with Gasteiger partial charge in [0, 0.05) is 24.1 Å². The molecule has 0 saturated carbocycles. The molecule has 0 fully saturated rings. The van der Waals surface area contributed by atoms with E-state index in [-0.39, 0.29) is 0 Å². The molecule has 1 aromatic heterocycles. The van der Waals surface area contributed by atoms with Crippen LogP contribution in [0.15, 0.2) is 95.0 Å². The Hall–Kier alpha value is -2.78.